The van der Waals surface area contributed by atoms with Crippen molar-refractivity contribution in [1.29, 1.82) is 0 Å². The average molecular weight is 175 g/mol. The van der Waals surface area contributed by atoms with E-state index < -0.39 is 0 Å². The lowest BCUT2D eigenvalue weighted by Crippen LogP contribution is -2.30. The largest absolute Gasteiger partial charge is 0.306 e. The highest BCUT2D eigenvalue weighted by molar-refractivity contribution is 5.20. The van der Waals surface area contributed by atoms with Crippen molar-refractivity contribution in [3.8, 4) is 0 Å². The zero-order valence-corrected chi connectivity index (χ0v) is 8.24. The second kappa shape index (κ2) is 3.93. The summed E-state index contributed by atoms with van der Waals surface area (Å²) in [6, 6.07) is 10.9. The summed E-state index contributed by atoms with van der Waals surface area (Å²) in [5.74, 6) is 0.764. The first-order chi connectivity index (χ1) is 6.36. The van der Waals surface area contributed by atoms with Crippen LogP contribution in [0.1, 0.15) is 24.3 Å². The number of piperidine rings is 1. The predicted octanol–water partition coefficient (Wildman–Crippen LogP) is 2.50. The number of hydrogen-bond acceptors (Lipinski definition) is 1. The molecule has 70 valence electrons. The van der Waals surface area contributed by atoms with E-state index in [1.165, 1.54) is 31.5 Å². The Labute approximate surface area is 80.4 Å². The molecule has 1 heterocycles. The van der Waals surface area contributed by atoms with Crippen molar-refractivity contribution in [1.82, 2.24) is 4.90 Å². The highest BCUT2D eigenvalue weighted by atomic mass is 15.1. The first-order valence-corrected chi connectivity index (χ1v) is 5.10. The molecule has 0 N–H and O–H groups in total. The van der Waals surface area contributed by atoms with Crippen LogP contribution in [0.5, 0.6) is 0 Å². The standard InChI is InChI=1S/C12H17N/c1-13-9-5-8-12(10-13)11-6-3-2-4-7-11/h2-4,6-7,12H,5,8-10H2,1H3. The molecule has 0 saturated carbocycles. The van der Waals surface area contributed by atoms with Gasteiger partial charge in [0.15, 0.2) is 0 Å². The minimum Gasteiger partial charge on any atom is -0.306 e. The number of benzene rings is 1. The summed E-state index contributed by atoms with van der Waals surface area (Å²) in [5.41, 5.74) is 1.51. The van der Waals surface area contributed by atoms with E-state index in [1.54, 1.807) is 0 Å². The molecule has 1 aliphatic heterocycles. The third-order valence-corrected chi connectivity index (χ3v) is 2.90. The van der Waals surface area contributed by atoms with Gasteiger partial charge in [0.05, 0.1) is 0 Å². The summed E-state index contributed by atoms with van der Waals surface area (Å²) in [6.45, 7) is 2.49. The summed E-state index contributed by atoms with van der Waals surface area (Å²) in [5, 5.41) is 0. The SMILES string of the molecule is CN1CCCC(c2ccccc2)C1. The summed E-state index contributed by atoms with van der Waals surface area (Å²) in [4.78, 5) is 2.43. The fourth-order valence-corrected chi connectivity index (χ4v) is 2.16. The molecule has 1 unspecified atom stereocenters. The van der Waals surface area contributed by atoms with Gasteiger partial charge >= 0.3 is 0 Å². The zero-order valence-electron chi connectivity index (χ0n) is 8.24. The first kappa shape index (κ1) is 8.76. The van der Waals surface area contributed by atoms with Crippen LogP contribution < -0.4 is 0 Å². The molecule has 2 rings (SSSR count). The Morgan fingerprint density at radius 1 is 1.23 bits per heavy atom. The normalized spacial score (nSPS) is 24.5. The maximum Gasteiger partial charge on any atom is 0.00472 e. The lowest BCUT2D eigenvalue weighted by atomic mass is 9.91. The molecule has 0 bridgehead atoms. The third-order valence-electron chi connectivity index (χ3n) is 2.90. The molecule has 0 amide bonds. The summed E-state index contributed by atoms with van der Waals surface area (Å²) in [6.07, 6.45) is 2.70. The summed E-state index contributed by atoms with van der Waals surface area (Å²) >= 11 is 0. The molecule has 1 atom stereocenters. The van der Waals surface area contributed by atoms with Gasteiger partial charge in [-0.1, -0.05) is 30.3 Å². The second-order valence-electron chi connectivity index (χ2n) is 4.01. The lowest BCUT2D eigenvalue weighted by Gasteiger charge is -2.29. The highest BCUT2D eigenvalue weighted by Crippen LogP contribution is 2.25. The molecule has 0 radical (unpaired) electrons. The van der Waals surface area contributed by atoms with Crippen molar-refractivity contribution in [2.75, 3.05) is 20.1 Å². The Balaban J connectivity index is 2.08. The van der Waals surface area contributed by atoms with Crippen LogP contribution in [-0.2, 0) is 0 Å². The zero-order chi connectivity index (χ0) is 9.10. The van der Waals surface area contributed by atoms with Gasteiger partial charge in [-0.25, -0.2) is 0 Å². The van der Waals surface area contributed by atoms with Gasteiger partial charge in [-0.3, -0.25) is 0 Å². The number of hydrogen-bond donors (Lipinski definition) is 0. The summed E-state index contributed by atoms with van der Waals surface area (Å²) < 4.78 is 0. The molecular weight excluding hydrogens is 158 g/mol. The Morgan fingerprint density at radius 2 is 2.00 bits per heavy atom. The van der Waals surface area contributed by atoms with Gasteiger partial charge in [-0.2, -0.15) is 0 Å². The fraction of sp³-hybridized carbons (Fsp3) is 0.500. The molecule has 1 saturated heterocycles. The van der Waals surface area contributed by atoms with Gasteiger partial charge in [0, 0.05) is 6.54 Å². The van der Waals surface area contributed by atoms with Gasteiger partial charge in [0.1, 0.15) is 0 Å². The Hall–Kier alpha value is -0.820. The van der Waals surface area contributed by atoms with Crippen LogP contribution in [0.3, 0.4) is 0 Å². The molecule has 1 aromatic rings. The van der Waals surface area contributed by atoms with E-state index in [1.807, 2.05) is 0 Å². The van der Waals surface area contributed by atoms with Gasteiger partial charge in [0.25, 0.3) is 0 Å². The quantitative estimate of drug-likeness (QED) is 0.634. The molecule has 1 aromatic carbocycles. The minimum atomic E-state index is 0.764. The minimum absolute atomic E-state index is 0.764. The van der Waals surface area contributed by atoms with Gasteiger partial charge < -0.3 is 4.90 Å². The van der Waals surface area contributed by atoms with E-state index in [2.05, 4.69) is 42.3 Å². The van der Waals surface area contributed by atoms with Crippen LogP contribution in [0.15, 0.2) is 30.3 Å². The lowest BCUT2D eigenvalue weighted by molar-refractivity contribution is 0.251. The van der Waals surface area contributed by atoms with E-state index in [9.17, 15) is 0 Å². The molecule has 0 spiro atoms. The van der Waals surface area contributed by atoms with Crippen molar-refractivity contribution < 1.29 is 0 Å². The predicted molar refractivity (Wildman–Crippen MR) is 55.9 cm³/mol. The summed E-state index contributed by atoms with van der Waals surface area (Å²) in [7, 11) is 2.22. The van der Waals surface area contributed by atoms with Crippen molar-refractivity contribution in [2.45, 2.75) is 18.8 Å². The Morgan fingerprint density at radius 3 is 2.69 bits per heavy atom. The topological polar surface area (TPSA) is 3.24 Å². The number of nitrogens with zero attached hydrogens (tertiary/aromatic N) is 1. The van der Waals surface area contributed by atoms with E-state index in [0.717, 1.165) is 5.92 Å². The van der Waals surface area contributed by atoms with E-state index in [4.69, 9.17) is 0 Å². The smallest absolute Gasteiger partial charge is 0.00472 e. The maximum absolute atomic E-state index is 2.43. The molecule has 1 heteroatoms. The van der Waals surface area contributed by atoms with Crippen molar-refractivity contribution >= 4 is 0 Å². The highest BCUT2D eigenvalue weighted by Gasteiger charge is 2.17. The van der Waals surface area contributed by atoms with E-state index >= 15 is 0 Å². The molecule has 1 nitrogen and oxygen atoms in total. The Bertz CT molecular complexity index is 255. The molecule has 1 fully saturated rings. The van der Waals surface area contributed by atoms with Crippen LogP contribution in [0, 0.1) is 0 Å². The van der Waals surface area contributed by atoms with E-state index in [-0.39, 0.29) is 0 Å². The Kier molecular flexibility index (Phi) is 2.65. The molecule has 1 aliphatic rings. The van der Waals surface area contributed by atoms with Crippen LogP contribution in [0.2, 0.25) is 0 Å². The molecule has 0 aromatic heterocycles. The van der Waals surface area contributed by atoms with Crippen LogP contribution in [-0.4, -0.2) is 25.0 Å². The molecular formula is C12H17N. The molecule has 13 heavy (non-hydrogen) atoms. The van der Waals surface area contributed by atoms with Crippen molar-refractivity contribution in [3.05, 3.63) is 35.9 Å². The van der Waals surface area contributed by atoms with Gasteiger partial charge in [-0.05, 0) is 37.9 Å². The van der Waals surface area contributed by atoms with Crippen LogP contribution in [0.4, 0.5) is 0 Å². The van der Waals surface area contributed by atoms with E-state index in [0.29, 0.717) is 0 Å². The first-order valence-electron chi connectivity index (χ1n) is 5.10. The van der Waals surface area contributed by atoms with Crippen LogP contribution >= 0.6 is 0 Å². The number of rotatable bonds is 1. The average Bonchev–Trinajstić information content (AvgIpc) is 2.19. The maximum atomic E-state index is 2.43. The van der Waals surface area contributed by atoms with Gasteiger partial charge in [-0.15, -0.1) is 0 Å². The van der Waals surface area contributed by atoms with Gasteiger partial charge in [0.2, 0.25) is 0 Å². The van der Waals surface area contributed by atoms with Crippen molar-refractivity contribution in [3.63, 3.8) is 0 Å². The third kappa shape index (κ3) is 2.10. The monoisotopic (exact) mass is 175 g/mol. The second-order valence-corrected chi connectivity index (χ2v) is 4.01. The van der Waals surface area contributed by atoms with Crippen LogP contribution in [0.25, 0.3) is 0 Å². The number of likely N-dealkylation sites (tertiary alicyclic amines) is 1. The molecule has 0 aliphatic carbocycles. The number of likely N-dealkylation sites (N-methyl/N-ethyl adjacent to an activating group) is 1. The van der Waals surface area contributed by atoms with Crippen molar-refractivity contribution in [2.24, 2.45) is 0 Å². The fourth-order valence-electron chi connectivity index (χ4n) is 2.16.